The second kappa shape index (κ2) is 5.30. The van der Waals surface area contributed by atoms with E-state index in [9.17, 15) is 14.7 Å². The number of carbonyl (C=O) groups is 2. The molecule has 1 spiro atoms. The lowest BCUT2D eigenvalue weighted by Gasteiger charge is -2.52. The lowest BCUT2D eigenvalue weighted by molar-refractivity contribution is -0.935. The molecule has 7 heteroatoms. The second-order valence-corrected chi connectivity index (χ2v) is 6.28. The van der Waals surface area contributed by atoms with E-state index >= 15 is 0 Å². The number of imide groups is 1. The van der Waals surface area contributed by atoms with Gasteiger partial charge in [0.1, 0.15) is 13.2 Å². The molecule has 3 rings (SSSR count). The van der Waals surface area contributed by atoms with Crippen molar-refractivity contribution in [2.24, 2.45) is 0 Å². The Morgan fingerprint density at radius 1 is 1.26 bits per heavy atom. The molecule has 1 aromatic carbocycles. The monoisotopic (exact) mass is 322 g/mol. The molecule has 0 aromatic heterocycles. The standard InChI is InChI=1S/C16H19NO6/c1-15(2)22-16(23-15)9-6-10-17(16,13(18)19)14(20)21-11-12-7-4-3-5-8-12/h3-5,7-8H,6,9-11H2,1-2H3/p+1. The van der Waals surface area contributed by atoms with Crippen molar-refractivity contribution in [1.29, 1.82) is 0 Å². The van der Waals surface area contributed by atoms with Gasteiger partial charge in [0.15, 0.2) is 5.79 Å². The SMILES string of the molecule is CC1(C)OC2(CCC[N+]2(C(=O)O)C(=O)OCc2ccccc2)O1. The molecular formula is C16H20NO6+. The van der Waals surface area contributed by atoms with E-state index in [-0.39, 0.29) is 13.2 Å². The number of ether oxygens (including phenoxy) is 3. The van der Waals surface area contributed by atoms with Crippen LogP contribution in [0.4, 0.5) is 9.59 Å². The largest absolute Gasteiger partial charge is 0.531 e. The molecule has 7 nitrogen and oxygen atoms in total. The van der Waals surface area contributed by atoms with Crippen molar-refractivity contribution in [2.45, 2.75) is 45.0 Å². The number of hydrogen-bond donors (Lipinski definition) is 1. The average Bonchev–Trinajstić information content (AvgIpc) is 2.85. The maximum atomic E-state index is 12.6. The van der Waals surface area contributed by atoms with E-state index in [4.69, 9.17) is 14.2 Å². The Balaban J connectivity index is 1.81. The number of quaternary nitrogens is 1. The maximum absolute atomic E-state index is 12.6. The van der Waals surface area contributed by atoms with Crippen LogP contribution in [-0.2, 0) is 20.8 Å². The van der Waals surface area contributed by atoms with Crippen LogP contribution in [0.15, 0.2) is 30.3 Å². The highest BCUT2D eigenvalue weighted by atomic mass is 16.9. The minimum Gasteiger partial charge on any atom is -0.435 e. The van der Waals surface area contributed by atoms with Crippen molar-refractivity contribution < 1.29 is 33.4 Å². The summed E-state index contributed by atoms with van der Waals surface area (Å²) in [5.41, 5.74) is 0.786. The van der Waals surface area contributed by atoms with E-state index in [1.54, 1.807) is 26.0 Å². The van der Waals surface area contributed by atoms with Crippen molar-refractivity contribution in [3.05, 3.63) is 35.9 Å². The van der Waals surface area contributed by atoms with Gasteiger partial charge in [0.25, 0.3) is 0 Å². The van der Waals surface area contributed by atoms with Gasteiger partial charge in [-0.2, -0.15) is 9.59 Å². The molecule has 2 heterocycles. The fourth-order valence-electron chi connectivity index (χ4n) is 3.31. The summed E-state index contributed by atoms with van der Waals surface area (Å²) in [6.07, 6.45) is -1.35. The van der Waals surface area contributed by atoms with E-state index in [2.05, 4.69) is 0 Å². The Labute approximate surface area is 133 Å². The predicted molar refractivity (Wildman–Crippen MR) is 78.0 cm³/mol. The molecule has 1 unspecified atom stereocenters. The van der Waals surface area contributed by atoms with E-state index in [0.717, 1.165) is 5.56 Å². The molecule has 2 aliphatic rings. The van der Waals surface area contributed by atoms with Crippen LogP contribution in [0.5, 0.6) is 0 Å². The van der Waals surface area contributed by atoms with Crippen molar-refractivity contribution >= 4 is 12.2 Å². The number of nitrogens with zero attached hydrogens (tertiary/aromatic N) is 1. The van der Waals surface area contributed by atoms with Crippen LogP contribution in [-0.4, -0.2) is 40.0 Å². The molecule has 0 radical (unpaired) electrons. The van der Waals surface area contributed by atoms with Gasteiger partial charge >= 0.3 is 18.1 Å². The fourth-order valence-corrected chi connectivity index (χ4v) is 3.31. The molecule has 1 N–H and O–H groups in total. The smallest absolute Gasteiger partial charge is 0.435 e. The quantitative estimate of drug-likeness (QED) is 0.843. The number of likely N-dealkylation sites (tertiary alicyclic amines) is 1. The van der Waals surface area contributed by atoms with Crippen molar-refractivity contribution in [1.82, 2.24) is 0 Å². The third-order valence-corrected chi connectivity index (χ3v) is 4.22. The molecule has 124 valence electrons. The first-order valence-corrected chi connectivity index (χ1v) is 7.55. The van der Waals surface area contributed by atoms with Gasteiger partial charge in [-0.15, -0.1) is 0 Å². The molecule has 2 fully saturated rings. The summed E-state index contributed by atoms with van der Waals surface area (Å²) in [4.78, 5) is 24.5. The highest BCUT2D eigenvalue weighted by Crippen LogP contribution is 2.51. The number of hydrogen-bond acceptors (Lipinski definition) is 5. The summed E-state index contributed by atoms with van der Waals surface area (Å²) in [6, 6.07) is 9.10. The van der Waals surface area contributed by atoms with Crippen LogP contribution in [0.3, 0.4) is 0 Å². The number of carbonyl (C=O) groups excluding carboxylic acids is 1. The van der Waals surface area contributed by atoms with Crippen LogP contribution in [0.1, 0.15) is 32.3 Å². The first-order chi connectivity index (χ1) is 10.8. The minimum absolute atomic E-state index is 0.00638. The molecule has 2 saturated heterocycles. The molecule has 2 amide bonds. The molecule has 0 saturated carbocycles. The Morgan fingerprint density at radius 2 is 1.91 bits per heavy atom. The van der Waals surface area contributed by atoms with Gasteiger partial charge in [-0.1, -0.05) is 34.8 Å². The molecule has 2 aliphatic heterocycles. The highest BCUT2D eigenvalue weighted by molar-refractivity contribution is 5.76. The lowest BCUT2D eigenvalue weighted by Crippen LogP contribution is -2.77. The van der Waals surface area contributed by atoms with Gasteiger partial charge in [0, 0.05) is 6.42 Å². The fraction of sp³-hybridized carbons (Fsp3) is 0.500. The van der Waals surface area contributed by atoms with Gasteiger partial charge < -0.3 is 9.84 Å². The van der Waals surface area contributed by atoms with Gasteiger partial charge in [0.05, 0.1) is 6.42 Å². The lowest BCUT2D eigenvalue weighted by atomic mass is 10.2. The van der Waals surface area contributed by atoms with Crippen LogP contribution >= 0.6 is 0 Å². The Morgan fingerprint density at radius 3 is 2.48 bits per heavy atom. The van der Waals surface area contributed by atoms with E-state index in [0.29, 0.717) is 12.8 Å². The first kappa shape index (κ1) is 15.9. The highest BCUT2D eigenvalue weighted by Gasteiger charge is 2.77. The Kier molecular flexibility index (Phi) is 3.66. The van der Waals surface area contributed by atoms with Crippen LogP contribution in [0.25, 0.3) is 0 Å². The molecule has 0 aliphatic carbocycles. The van der Waals surface area contributed by atoms with Gasteiger partial charge in [0.2, 0.25) is 0 Å². The summed E-state index contributed by atoms with van der Waals surface area (Å²) >= 11 is 0. The van der Waals surface area contributed by atoms with Gasteiger partial charge in [-0.3, -0.25) is 9.47 Å². The van der Waals surface area contributed by atoms with Crippen molar-refractivity contribution in [3.63, 3.8) is 0 Å². The number of benzene rings is 1. The summed E-state index contributed by atoms with van der Waals surface area (Å²) in [5, 5.41) is 9.71. The normalized spacial score (nSPS) is 27.4. The Hall–Kier alpha value is -1.96. The van der Waals surface area contributed by atoms with Crippen molar-refractivity contribution in [2.75, 3.05) is 6.54 Å². The number of rotatable bonds is 2. The number of carboxylic acid groups (broad SMARTS) is 1. The predicted octanol–water partition coefficient (Wildman–Crippen LogP) is 3.05. The molecular weight excluding hydrogens is 302 g/mol. The summed E-state index contributed by atoms with van der Waals surface area (Å²) < 4.78 is 15.7. The summed E-state index contributed by atoms with van der Waals surface area (Å²) in [5.74, 6) is -2.38. The zero-order valence-electron chi connectivity index (χ0n) is 13.2. The third kappa shape index (κ3) is 2.41. The average molecular weight is 322 g/mol. The van der Waals surface area contributed by atoms with Crippen LogP contribution in [0.2, 0.25) is 0 Å². The number of amides is 2. The van der Waals surface area contributed by atoms with Gasteiger partial charge in [-0.25, -0.2) is 0 Å². The second-order valence-electron chi connectivity index (χ2n) is 6.28. The zero-order chi connectivity index (χ0) is 16.7. The van der Waals surface area contributed by atoms with E-state index < -0.39 is 28.4 Å². The Bertz CT molecular complexity index is 621. The topological polar surface area (TPSA) is 82.1 Å². The van der Waals surface area contributed by atoms with Crippen molar-refractivity contribution in [3.8, 4) is 0 Å². The van der Waals surface area contributed by atoms with Crippen LogP contribution < -0.4 is 0 Å². The molecule has 0 bridgehead atoms. The van der Waals surface area contributed by atoms with E-state index in [1.165, 1.54) is 0 Å². The molecule has 1 atom stereocenters. The van der Waals surface area contributed by atoms with Gasteiger partial charge in [-0.05, 0) is 19.4 Å². The maximum Gasteiger partial charge on any atom is 0.531 e. The minimum atomic E-state index is -1.48. The molecule has 1 aromatic rings. The third-order valence-electron chi connectivity index (χ3n) is 4.22. The van der Waals surface area contributed by atoms with E-state index in [1.807, 2.05) is 18.2 Å². The molecule has 23 heavy (non-hydrogen) atoms. The summed E-state index contributed by atoms with van der Waals surface area (Å²) in [7, 11) is 0. The zero-order valence-corrected chi connectivity index (χ0v) is 13.2. The first-order valence-electron chi connectivity index (χ1n) is 7.55. The summed E-state index contributed by atoms with van der Waals surface area (Å²) in [6.45, 7) is 3.45. The van der Waals surface area contributed by atoms with Crippen LogP contribution in [0, 0.1) is 0 Å².